The molecule has 26 heavy (non-hydrogen) atoms. The van der Waals surface area contributed by atoms with Crippen molar-refractivity contribution >= 4 is 5.91 Å². The van der Waals surface area contributed by atoms with Crippen molar-refractivity contribution in [1.82, 2.24) is 24.3 Å². The van der Waals surface area contributed by atoms with Crippen LogP contribution in [0.5, 0.6) is 0 Å². The lowest BCUT2D eigenvalue weighted by Crippen LogP contribution is -2.39. The molecule has 0 aromatic carbocycles. The second-order valence-corrected chi connectivity index (χ2v) is 8.08. The van der Waals surface area contributed by atoms with Gasteiger partial charge >= 0.3 is 0 Å². The van der Waals surface area contributed by atoms with E-state index in [1.807, 2.05) is 23.4 Å². The van der Waals surface area contributed by atoms with Gasteiger partial charge in [-0.1, -0.05) is 0 Å². The van der Waals surface area contributed by atoms with Crippen molar-refractivity contribution in [2.24, 2.45) is 5.41 Å². The highest BCUT2D eigenvalue weighted by molar-refractivity contribution is 5.86. The lowest BCUT2D eigenvalue weighted by atomic mass is 9.75. The number of nitrogens with zero attached hydrogens (tertiary/aromatic N) is 5. The highest BCUT2D eigenvalue weighted by atomic mass is 16.2. The smallest absolute Gasteiger partial charge is 0.231 e. The molecule has 1 spiro atoms. The van der Waals surface area contributed by atoms with E-state index in [4.69, 9.17) is 0 Å². The van der Waals surface area contributed by atoms with Gasteiger partial charge in [0.25, 0.3) is 0 Å². The zero-order valence-corrected chi connectivity index (χ0v) is 15.8. The van der Waals surface area contributed by atoms with E-state index in [0.29, 0.717) is 12.6 Å². The number of hydrogen-bond acceptors (Lipinski definition) is 4. The van der Waals surface area contributed by atoms with Gasteiger partial charge in [0.2, 0.25) is 5.91 Å². The Balaban J connectivity index is 1.60. The van der Waals surface area contributed by atoms with Crippen molar-refractivity contribution in [1.29, 1.82) is 0 Å². The largest absolute Gasteiger partial charge is 0.338 e. The summed E-state index contributed by atoms with van der Waals surface area (Å²) in [5, 5.41) is 0. The van der Waals surface area contributed by atoms with Gasteiger partial charge in [0.1, 0.15) is 0 Å². The first-order valence-electron chi connectivity index (χ1n) is 9.40. The van der Waals surface area contributed by atoms with Crippen LogP contribution in [0.2, 0.25) is 0 Å². The summed E-state index contributed by atoms with van der Waals surface area (Å²) in [6, 6.07) is 4.36. The van der Waals surface area contributed by atoms with Crippen LogP contribution in [-0.2, 0) is 11.3 Å². The normalized spacial score (nSPS) is 26.5. The van der Waals surface area contributed by atoms with E-state index >= 15 is 0 Å². The lowest BCUT2D eigenvalue weighted by molar-refractivity contribution is -0.136. The number of amides is 1. The minimum absolute atomic E-state index is 0.169. The highest BCUT2D eigenvalue weighted by Gasteiger charge is 2.57. The van der Waals surface area contributed by atoms with Gasteiger partial charge in [-0.15, -0.1) is 0 Å². The van der Waals surface area contributed by atoms with Crippen LogP contribution < -0.4 is 0 Å². The van der Waals surface area contributed by atoms with Crippen molar-refractivity contribution in [3.63, 3.8) is 0 Å². The van der Waals surface area contributed by atoms with Crippen LogP contribution in [0.1, 0.15) is 43.5 Å². The second-order valence-electron chi connectivity index (χ2n) is 8.08. The molecule has 0 bridgehead atoms. The lowest BCUT2D eigenvalue weighted by Gasteiger charge is -2.28. The van der Waals surface area contributed by atoms with Crippen molar-refractivity contribution in [3.05, 3.63) is 48.3 Å². The SMILES string of the molecule is CC(C)n1cnc(C2CN(C)CC23CCN(Cc2ccncc2)C3=O)c1. The maximum absolute atomic E-state index is 13.5. The summed E-state index contributed by atoms with van der Waals surface area (Å²) in [5.41, 5.74) is 1.86. The molecule has 4 heterocycles. The first kappa shape index (κ1) is 17.2. The third-order valence-electron chi connectivity index (χ3n) is 5.95. The number of hydrogen-bond donors (Lipinski definition) is 0. The fourth-order valence-corrected chi connectivity index (χ4v) is 4.52. The first-order valence-corrected chi connectivity index (χ1v) is 9.40. The molecule has 2 aliphatic rings. The molecular formula is C20H27N5O. The van der Waals surface area contributed by atoms with E-state index in [2.05, 4.69) is 46.5 Å². The molecule has 138 valence electrons. The summed E-state index contributed by atoms with van der Waals surface area (Å²) < 4.78 is 2.13. The second kappa shape index (κ2) is 6.50. The Kier molecular flexibility index (Phi) is 4.31. The highest BCUT2D eigenvalue weighted by Crippen LogP contribution is 2.49. The molecule has 2 saturated heterocycles. The maximum atomic E-state index is 13.5. The molecule has 0 N–H and O–H groups in total. The number of pyridine rings is 1. The van der Waals surface area contributed by atoms with Crippen LogP contribution >= 0.6 is 0 Å². The van der Waals surface area contributed by atoms with Gasteiger partial charge in [0, 0.05) is 56.7 Å². The van der Waals surface area contributed by atoms with Crippen molar-refractivity contribution < 1.29 is 4.79 Å². The minimum atomic E-state index is -0.335. The quantitative estimate of drug-likeness (QED) is 0.846. The summed E-state index contributed by atoms with van der Waals surface area (Å²) in [6.07, 6.45) is 8.52. The van der Waals surface area contributed by atoms with Gasteiger partial charge in [-0.25, -0.2) is 4.98 Å². The number of aromatic nitrogens is 3. The standard InChI is InChI=1S/C20H27N5O/c1-15(2)25-12-18(22-14-25)17-11-23(3)13-20(17)6-9-24(19(20)26)10-16-4-7-21-8-5-16/h4-5,7-8,12,14-15,17H,6,9-11,13H2,1-3H3. The van der Waals surface area contributed by atoms with Crippen LogP contribution in [0.25, 0.3) is 0 Å². The number of likely N-dealkylation sites (N-methyl/N-ethyl adjacent to an activating group) is 1. The summed E-state index contributed by atoms with van der Waals surface area (Å²) in [6.45, 7) is 7.50. The third kappa shape index (κ3) is 2.82. The van der Waals surface area contributed by atoms with Crippen molar-refractivity contribution in [2.75, 3.05) is 26.7 Å². The van der Waals surface area contributed by atoms with Gasteiger partial charge in [0.15, 0.2) is 0 Å². The Labute approximate surface area is 154 Å². The van der Waals surface area contributed by atoms with Crippen LogP contribution in [-0.4, -0.2) is 56.9 Å². The topological polar surface area (TPSA) is 54.3 Å². The zero-order chi connectivity index (χ0) is 18.3. The van der Waals surface area contributed by atoms with Crippen LogP contribution in [0.3, 0.4) is 0 Å². The van der Waals surface area contributed by atoms with Gasteiger partial charge in [0.05, 0.1) is 17.4 Å². The average molecular weight is 353 g/mol. The van der Waals surface area contributed by atoms with Gasteiger partial charge in [-0.05, 0) is 45.0 Å². The molecule has 0 saturated carbocycles. The molecule has 0 aliphatic carbocycles. The van der Waals surface area contributed by atoms with Crippen LogP contribution in [0.15, 0.2) is 37.1 Å². The molecule has 2 aromatic heterocycles. The molecule has 2 aromatic rings. The minimum Gasteiger partial charge on any atom is -0.338 e. The molecular weight excluding hydrogens is 326 g/mol. The summed E-state index contributed by atoms with van der Waals surface area (Å²) in [7, 11) is 2.11. The van der Waals surface area contributed by atoms with E-state index in [-0.39, 0.29) is 17.2 Å². The van der Waals surface area contributed by atoms with Gasteiger partial charge < -0.3 is 14.4 Å². The predicted molar refractivity (Wildman–Crippen MR) is 99.6 cm³/mol. The molecule has 2 aliphatic heterocycles. The van der Waals surface area contributed by atoms with Crippen LogP contribution in [0, 0.1) is 5.41 Å². The Morgan fingerprint density at radius 1 is 1.31 bits per heavy atom. The molecule has 1 amide bonds. The Morgan fingerprint density at radius 3 is 2.77 bits per heavy atom. The molecule has 2 unspecified atom stereocenters. The van der Waals surface area contributed by atoms with Gasteiger partial charge in [-0.2, -0.15) is 0 Å². The van der Waals surface area contributed by atoms with Crippen molar-refractivity contribution in [3.8, 4) is 0 Å². The molecule has 6 nitrogen and oxygen atoms in total. The average Bonchev–Trinajstić information content (AvgIpc) is 3.30. The number of carbonyl (C=O) groups excluding carboxylic acids is 1. The summed E-state index contributed by atoms with van der Waals surface area (Å²) in [5.74, 6) is 0.449. The van der Waals surface area contributed by atoms with Crippen molar-refractivity contribution in [2.45, 2.75) is 38.8 Å². The predicted octanol–water partition coefficient (Wildman–Crippen LogP) is 2.31. The monoisotopic (exact) mass is 353 g/mol. The van der Waals surface area contributed by atoms with E-state index in [9.17, 15) is 4.79 Å². The van der Waals surface area contributed by atoms with Crippen LogP contribution in [0.4, 0.5) is 0 Å². The number of carbonyl (C=O) groups is 1. The van der Waals surface area contributed by atoms with E-state index in [1.165, 1.54) is 0 Å². The van der Waals surface area contributed by atoms with Gasteiger partial charge in [-0.3, -0.25) is 9.78 Å². The Morgan fingerprint density at radius 2 is 2.08 bits per heavy atom. The van der Waals surface area contributed by atoms with E-state index in [0.717, 1.165) is 37.3 Å². The zero-order valence-electron chi connectivity index (χ0n) is 15.8. The van der Waals surface area contributed by atoms with E-state index < -0.39 is 0 Å². The van der Waals surface area contributed by atoms with E-state index in [1.54, 1.807) is 12.4 Å². The fraction of sp³-hybridized carbons (Fsp3) is 0.550. The number of likely N-dealkylation sites (tertiary alicyclic amines) is 2. The summed E-state index contributed by atoms with van der Waals surface area (Å²) >= 11 is 0. The first-order chi connectivity index (χ1) is 12.5. The molecule has 2 atom stereocenters. The molecule has 4 rings (SSSR count). The maximum Gasteiger partial charge on any atom is 0.231 e. The molecule has 6 heteroatoms. The number of rotatable bonds is 4. The number of imidazole rings is 1. The summed E-state index contributed by atoms with van der Waals surface area (Å²) in [4.78, 5) is 26.5. The molecule has 2 fully saturated rings. The Bertz CT molecular complexity index is 787. The Hall–Kier alpha value is -2.21. The third-order valence-corrected chi connectivity index (χ3v) is 5.95. The molecule has 0 radical (unpaired) electrons. The fourth-order valence-electron chi connectivity index (χ4n) is 4.52.